The average molecular weight is 2000 g/mol. The fourth-order valence-corrected chi connectivity index (χ4v) is 28.3. The van der Waals surface area contributed by atoms with E-state index in [1.165, 1.54) is 14.2 Å². The Morgan fingerprint density at radius 2 is 0.765 bits per heavy atom. The summed E-state index contributed by atoms with van der Waals surface area (Å²) in [4.78, 5) is 163. The van der Waals surface area contributed by atoms with E-state index in [-0.39, 0.29) is 54.0 Å². The van der Waals surface area contributed by atoms with E-state index in [9.17, 15) is 96.0 Å². The molecular formula is C89H122N2O41S4. The number of hydrogen-bond donors (Lipinski definition) is 0. The SMILES string of the molecule is CCC(C)(C)C(=O)OC1C2CC3C(O2)C1OS3(=O)=O.CCC(C)(C)C(=O)OC1C2CC3C1OS(=O)(=O)C3C2C(=O)OC.CCC(C)(C)C(=O)OC1C2OS(=O)(=O)C3C2OC1C3C(=O)OC.CCC(C)(C)C(=O)OCC(=O)OC1C2CC3C1OS(=O)(=O)C3C2.[C-]#[N+]C12CC3CC1C(OC2=O)C3OC(=O)COC(=O)C(C)(C)CC.[C-]#[N+]C12CC3OC1C(OC2=O)C3OC(=O)COC(=O)C(C)(C)CC. The van der Waals surface area contributed by atoms with E-state index >= 15 is 0 Å². The summed E-state index contributed by atoms with van der Waals surface area (Å²) in [7, 11) is -12.5. The van der Waals surface area contributed by atoms with Crippen LogP contribution in [0.2, 0.25) is 0 Å². The van der Waals surface area contributed by atoms with Gasteiger partial charge in [-0.15, -0.1) is 0 Å². The van der Waals surface area contributed by atoms with Crippen molar-refractivity contribution in [3.8, 4) is 0 Å². The van der Waals surface area contributed by atoms with Crippen molar-refractivity contribution in [3.05, 3.63) is 22.8 Å². The van der Waals surface area contributed by atoms with Crippen LogP contribution >= 0.6 is 0 Å². The van der Waals surface area contributed by atoms with E-state index in [1.54, 1.807) is 83.1 Å². The fourth-order valence-electron chi connectivity index (χ4n) is 20.9. The van der Waals surface area contributed by atoms with E-state index < -0.39 is 312 Å². The number of methoxy groups -OCH3 is 2. The third-order valence-corrected chi connectivity index (χ3v) is 38.5. The number of fused-ring (bicyclic) bond motifs is 6. The van der Waals surface area contributed by atoms with Crippen molar-refractivity contribution >= 4 is 118 Å². The summed E-state index contributed by atoms with van der Waals surface area (Å²) in [6, 6.07) is 0. The minimum absolute atomic E-state index is 0.0130. The lowest BCUT2D eigenvalue weighted by Crippen LogP contribution is -2.50. The molecule has 6 saturated carbocycles. The minimum atomic E-state index is -3.96. The molecular weight excluding hydrogens is 1880 g/mol. The van der Waals surface area contributed by atoms with E-state index in [1.807, 2.05) is 41.5 Å². The van der Waals surface area contributed by atoms with Gasteiger partial charge in [0.2, 0.25) is 0 Å². The lowest BCUT2D eigenvalue weighted by atomic mass is 9.81. The Labute approximate surface area is 789 Å². The normalized spacial score (nSPS) is 38.5. The fraction of sp³-hybridized carbons (Fsp3) is 0.831. The van der Waals surface area contributed by atoms with Crippen LogP contribution in [-0.4, -0.2) is 287 Å². The zero-order valence-corrected chi connectivity index (χ0v) is 82.7. The van der Waals surface area contributed by atoms with Crippen LogP contribution in [0.5, 0.6) is 0 Å². The molecule has 12 heterocycles. The zero-order valence-electron chi connectivity index (χ0n) is 79.4. The number of carbonyl (C=O) groups is 13. The first kappa shape index (κ1) is 105. The van der Waals surface area contributed by atoms with Gasteiger partial charge in [-0.25, -0.2) is 37.1 Å². The first-order valence-corrected chi connectivity index (χ1v) is 51.8. The number of nitrogens with zero attached hydrogens (tertiary/aromatic N) is 2. The van der Waals surface area contributed by atoms with Crippen molar-refractivity contribution in [1.29, 1.82) is 0 Å². The average Bonchev–Trinajstić information content (AvgIpc) is 1.52. The maximum absolute atomic E-state index is 12.4. The van der Waals surface area contributed by atoms with Crippen LogP contribution in [0.25, 0.3) is 9.69 Å². The molecule has 758 valence electrons. The molecule has 6 aliphatic carbocycles. The lowest BCUT2D eigenvalue weighted by molar-refractivity contribution is -0.172. The van der Waals surface area contributed by atoms with Crippen LogP contribution in [0.3, 0.4) is 0 Å². The molecule has 18 fully saturated rings. The Hall–Kier alpha value is -8.39. The van der Waals surface area contributed by atoms with Crippen molar-refractivity contribution in [2.45, 2.75) is 350 Å². The van der Waals surface area contributed by atoms with Crippen molar-refractivity contribution in [2.75, 3.05) is 34.0 Å². The molecule has 0 aromatic carbocycles. The zero-order chi connectivity index (χ0) is 101. The third kappa shape index (κ3) is 18.5. The van der Waals surface area contributed by atoms with Crippen LogP contribution in [0.4, 0.5) is 0 Å². The van der Waals surface area contributed by atoms with Gasteiger partial charge >= 0.3 is 88.7 Å². The molecule has 0 radical (unpaired) electrons. The molecule has 0 amide bonds. The van der Waals surface area contributed by atoms with Gasteiger partial charge in [-0.3, -0.25) is 64.8 Å². The largest absolute Gasteiger partial charge is 0.469 e. The van der Waals surface area contributed by atoms with Crippen molar-refractivity contribution < 1.29 is 189 Å². The van der Waals surface area contributed by atoms with Crippen molar-refractivity contribution in [3.63, 3.8) is 0 Å². The highest BCUT2D eigenvalue weighted by Crippen LogP contribution is 2.63. The molecule has 12 bridgehead atoms. The Balaban J connectivity index is 0.000000138. The van der Waals surface area contributed by atoms with E-state index in [2.05, 4.69) is 9.69 Å². The first-order chi connectivity index (χ1) is 63.2. The molecule has 18 rings (SSSR count). The number of carbonyl (C=O) groups excluding carboxylic acids is 13. The van der Waals surface area contributed by atoms with E-state index in [0.29, 0.717) is 77.0 Å². The summed E-state index contributed by atoms with van der Waals surface area (Å²) in [6.07, 6.45) is -5.18. The Morgan fingerprint density at radius 1 is 0.360 bits per heavy atom. The molecule has 12 saturated heterocycles. The second kappa shape index (κ2) is 37.6. The summed E-state index contributed by atoms with van der Waals surface area (Å²) >= 11 is 0. The van der Waals surface area contributed by atoms with Crippen LogP contribution in [-0.2, 0) is 195 Å². The smallest absolute Gasteiger partial charge is 0.397 e. The second-order valence-corrected chi connectivity index (χ2v) is 48.8. The van der Waals surface area contributed by atoms with Gasteiger partial charge in [0.25, 0.3) is 40.5 Å². The molecule has 0 N–H and O–H groups in total. The van der Waals surface area contributed by atoms with E-state index in [0.717, 1.165) is 0 Å². The quantitative estimate of drug-likeness (QED) is 0.0493. The summed E-state index contributed by atoms with van der Waals surface area (Å²) in [6.45, 7) is 45.4. The predicted molar refractivity (Wildman–Crippen MR) is 456 cm³/mol. The summed E-state index contributed by atoms with van der Waals surface area (Å²) in [5.41, 5.74) is -6.32. The summed E-state index contributed by atoms with van der Waals surface area (Å²) in [5, 5.41) is -3.01. The van der Waals surface area contributed by atoms with Gasteiger partial charge in [0, 0.05) is 36.0 Å². The molecule has 0 aromatic heterocycles. The molecule has 0 spiro atoms. The molecule has 18 aliphatic rings. The Morgan fingerprint density at radius 3 is 1.26 bits per heavy atom. The maximum Gasteiger partial charge on any atom is 0.397 e. The summed E-state index contributed by atoms with van der Waals surface area (Å²) in [5.74, 6) is -9.89. The molecule has 136 heavy (non-hydrogen) atoms. The first-order valence-electron chi connectivity index (χ1n) is 45.9. The van der Waals surface area contributed by atoms with Gasteiger partial charge in [0.05, 0.1) is 76.3 Å². The van der Waals surface area contributed by atoms with Crippen LogP contribution in [0.1, 0.15) is 208 Å². The van der Waals surface area contributed by atoms with Gasteiger partial charge in [-0.05, 0) is 154 Å². The topological polar surface area (TPSA) is 552 Å². The Bertz CT molecular complexity index is 5140. The van der Waals surface area contributed by atoms with Crippen molar-refractivity contribution in [1.82, 2.24) is 0 Å². The molecule has 32 unspecified atom stereocenters. The third-order valence-electron chi connectivity index (χ3n) is 31.5. The van der Waals surface area contributed by atoms with E-state index in [4.69, 9.17) is 106 Å². The monoisotopic (exact) mass is 2000 g/mol. The van der Waals surface area contributed by atoms with Gasteiger partial charge in [-0.2, -0.15) is 33.7 Å². The van der Waals surface area contributed by atoms with Gasteiger partial charge in [-0.1, -0.05) is 41.5 Å². The lowest BCUT2D eigenvalue weighted by Gasteiger charge is -2.32. The van der Waals surface area contributed by atoms with Crippen LogP contribution < -0.4 is 0 Å². The van der Waals surface area contributed by atoms with Gasteiger partial charge in [0.15, 0.2) is 56.4 Å². The molecule has 47 heteroatoms. The number of ether oxygens (including phenoxy) is 16. The Kier molecular flexibility index (Phi) is 29.0. The van der Waals surface area contributed by atoms with Crippen LogP contribution in [0.15, 0.2) is 0 Å². The summed E-state index contributed by atoms with van der Waals surface area (Å²) < 4.78 is 201. The van der Waals surface area contributed by atoms with Crippen molar-refractivity contribution in [2.24, 2.45) is 79.8 Å². The second-order valence-electron chi connectivity index (χ2n) is 41.8. The maximum atomic E-state index is 12.4. The molecule has 32 atom stereocenters. The number of rotatable bonds is 26. The standard InChI is InChI=1S/C17H21NO6.C16H19NO7.2C15H22O7S.C14H20O8S.C12H18O6S/c1-5-16(2,3)14(20)22-8-11(19)23-12-9-6-10-13(12)24-15(21)17(10,7-9)18-4;1-5-15(2,3)13(19)21-7-9(18)23-10-8-6-16(17-4)12(22-8)11(10)24-14(16)20;1-5-15(2,3)14(17)21-10-7-6-8-11(10)22-23(18,19)12(8)9(7)13(16)20-4;1-4-15(2,3)14(17)20-7-11(16)21-12-8-5-9-10(6-8)23(18,19)22-13(9)12;1-5-14(2,3)13(16)21-8-7-6(12(15)19-4)11-10(20-7)9(8)22-23(11,17)18;1-4-12(2,3)11(13)17-8-6-5-7-9(16-6)10(8)18-19(7,14)15/h9-10,12-13H,5-8H2,1-3H3;8,10-12H,5-7H2,1-3H3;7-12H,5-6H2,1-4H3;8-10,12-13H,4-7H2,1-3H3;6-11H,5H2,1-4H3;6-10H,4-5H2,1-3H3. The van der Waals surface area contributed by atoms with Crippen LogP contribution in [0, 0.1) is 93.0 Å². The van der Waals surface area contributed by atoms with Gasteiger partial charge < -0.3 is 75.8 Å². The molecule has 12 aliphatic heterocycles. The number of hydrogen-bond acceptors (Lipinski definition) is 41. The molecule has 43 nitrogen and oxygen atoms in total. The highest BCUT2D eigenvalue weighted by Gasteiger charge is 2.81. The number of esters is 13. The predicted octanol–water partition coefficient (Wildman–Crippen LogP) is 4.62. The highest BCUT2D eigenvalue weighted by molar-refractivity contribution is 7.88. The molecule has 0 aromatic rings. The van der Waals surface area contributed by atoms with Gasteiger partial charge in [0.1, 0.15) is 88.8 Å². The minimum Gasteiger partial charge on any atom is -0.469 e. The highest BCUT2D eigenvalue weighted by atomic mass is 32.2.